The Labute approximate surface area is 150 Å². The third-order valence-electron chi connectivity index (χ3n) is 4.93. The number of hydrogen-bond donors (Lipinski definition) is 0. The number of likely N-dealkylation sites (tertiary alicyclic amines) is 1. The molecule has 2 aromatic rings. The third kappa shape index (κ3) is 2.98. The number of fused-ring (bicyclic) bond motifs is 2. The quantitative estimate of drug-likeness (QED) is 0.824. The van der Waals surface area contributed by atoms with Crippen LogP contribution in [0.5, 0.6) is 5.75 Å². The highest BCUT2D eigenvalue weighted by Gasteiger charge is 2.42. The number of ether oxygens (including phenoxy) is 1. The Hall–Kier alpha value is -2.11. The van der Waals surface area contributed by atoms with Crippen molar-refractivity contribution in [3.05, 3.63) is 64.4 Å². The van der Waals surface area contributed by atoms with Crippen LogP contribution in [0.1, 0.15) is 15.9 Å². The molecule has 130 valence electrons. The number of carbonyl (C=O) groups excluding carboxylic acids is 1. The second-order valence-electron chi connectivity index (χ2n) is 6.57. The number of amides is 1. The molecule has 1 fully saturated rings. The summed E-state index contributed by atoms with van der Waals surface area (Å²) in [7, 11) is 1.78. The Morgan fingerprint density at radius 1 is 1.24 bits per heavy atom. The predicted molar refractivity (Wildman–Crippen MR) is 93.4 cm³/mol. The average Bonchev–Trinajstić information content (AvgIpc) is 2.94. The summed E-state index contributed by atoms with van der Waals surface area (Å²) >= 11 is 6.25. The van der Waals surface area contributed by atoms with Gasteiger partial charge in [0.25, 0.3) is 5.91 Å². The molecule has 2 aliphatic rings. The summed E-state index contributed by atoms with van der Waals surface area (Å²) in [6, 6.07) is 11.7. The van der Waals surface area contributed by atoms with E-state index < -0.39 is 5.82 Å². The van der Waals surface area contributed by atoms with Crippen LogP contribution >= 0.6 is 11.6 Å². The SMILES string of the molecule is CN1C(=O)c2ccc(F)cc2OC2CN(Cc3ccccc3Cl)CC21. The zero-order valence-electron chi connectivity index (χ0n) is 13.8. The second kappa shape index (κ2) is 6.32. The molecule has 2 heterocycles. The largest absolute Gasteiger partial charge is 0.486 e. The van der Waals surface area contributed by atoms with Gasteiger partial charge in [-0.05, 0) is 23.8 Å². The molecule has 0 aliphatic carbocycles. The Bertz CT molecular complexity index is 829. The van der Waals surface area contributed by atoms with Crippen molar-refractivity contribution in [1.82, 2.24) is 9.80 Å². The summed E-state index contributed by atoms with van der Waals surface area (Å²) in [6.45, 7) is 2.03. The lowest BCUT2D eigenvalue weighted by Crippen LogP contribution is -2.44. The molecule has 1 amide bonds. The lowest BCUT2D eigenvalue weighted by atomic mass is 10.1. The standard InChI is InChI=1S/C19H18ClFN2O2/c1-22-16-10-23(9-12-4-2-3-5-15(12)20)11-18(16)25-17-8-13(21)6-7-14(17)19(22)24/h2-8,16,18H,9-11H2,1H3. The van der Waals surface area contributed by atoms with E-state index in [0.717, 1.165) is 10.6 Å². The Morgan fingerprint density at radius 2 is 2.04 bits per heavy atom. The molecule has 6 heteroatoms. The van der Waals surface area contributed by atoms with E-state index in [2.05, 4.69) is 4.90 Å². The van der Waals surface area contributed by atoms with Crippen molar-refractivity contribution < 1.29 is 13.9 Å². The minimum atomic E-state index is -0.404. The molecule has 0 saturated carbocycles. The highest BCUT2D eigenvalue weighted by molar-refractivity contribution is 6.31. The van der Waals surface area contributed by atoms with Gasteiger partial charge in [-0.1, -0.05) is 29.8 Å². The number of likely N-dealkylation sites (N-methyl/N-ethyl adjacent to an activating group) is 1. The van der Waals surface area contributed by atoms with E-state index in [1.54, 1.807) is 11.9 Å². The van der Waals surface area contributed by atoms with E-state index >= 15 is 0 Å². The van der Waals surface area contributed by atoms with Gasteiger partial charge in [0.1, 0.15) is 17.7 Å². The molecule has 0 N–H and O–H groups in total. The fourth-order valence-corrected chi connectivity index (χ4v) is 3.79. The van der Waals surface area contributed by atoms with Gasteiger partial charge in [0.05, 0.1) is 11.6 Å². The van der Waals surface area contributed by atoms with Crippen LogP contribution in [-0.4, -0.2) is 48.0 Å². The Kier molecular flexibility index (Phi) is 4.13. The van der Waals surface area contributed by atoms with Crippen molar-refractivity contribution >= 4 is 17.5 Å². The minimum absolute atomic E-state index is 0.0783. The Morgan fingerprint density at radius 3 is 2.84 bits per heavy atom. The van der Waals surface area contributed by atoms with Gasteiger partial charge in [0.15, 0.2) is 0 Å². The van der Waals surface area contributed by atoms with E-state index in [4.69, 9.17) is 16.3 Å². The van der Waals surface area contributed by atoms with Crippen molar-refractivity contribution in [3.8, 4) is 5.75 Å². The summed E-state index contributed by atoms with van der Waals surface area (Å²) < 4.78 is 19.6. The lowest BCUT2D eigenvalue weighted by molar-refractivity contribution is 0.0682. The van der Waals surface area contributed by atoms with Gasteiger partial charge < -0.3 is 9.64 Å². The number of rotatable bonds is 2. The topological polar surface area (TPSA) is 32.8 Å². The Balaban J connectivity index is 1.58. The smallest absolute Gasteiger partial charge is 0.257 e. The number of carbonyl (C=O) groups is 1. The minimum Gasteiger partial charge on any atom is -0.486 e. The maximum atomic E-state index is 13.6. The molecule has 0 spiro atoms. The fraction of sp³-hybridized carbons (Fsp3) is 0.316. The highest BCUT2D eigenvalue weighted by atomic mass is 35.5. The van der Waals surface area contributed by atoms with Crippen LogP contribution in [0.3, 0.4) is 0 Å². The van der Waals surface area contributed by atoms with Crippen molar-refractivity contribution in [2.75, 3.05) is 20.1 Å². The number of halogens is 2. The van der Waals surface area contributed by atoms with Gasteiger partial charge in [0.2, 0.25) is 0 Å². The van der Waals surface area contributed by atoms with E-state index in [1.165, 1.54) is 18.2 Å². The highest BCUT2D eigenvalue weighted by Crippen LogP contribution is 2.32. The van der Waals surface area contributed by atoms with Crippen molar-refractivity contribution in [2.45, 2.75) is 18.7 Å². The van der Waals surface area contributed by atoms with Crippen LogP contribution in [0.15, 0.2) is 42.5 Å². The van der Waals surface area contributed by atoms with E-state index in [9.17, 15) is 9.18 Å². The molecular weight excluding hydrogens is 343 g/mol. The zero-order valence-corrected chi connectivity index (χ0v) is 14.5. The fourth-order valence-electron chi connectivity index (χ4n) is 3.59. The normalized spacial score (nSPS) is 23.0. The van der Waals surface area contributed by atoms with Crippen LogP contribution in [0.2, 0.25) is 5.02 Å². The summed E-state index contributed by atoms with van der Waals surface area (Å²) in [5.41, 5.74) is 1.46. The molecule has 25 heavy (non-hydrogen) atoms. The monoisotopic (exact) mass is 360 g/mol. The molecule has 2 unspecified atom stereocenters. The van der Waals surface area contributed by atoms with Gasteiger partial charge in [-0.3, -0.25) is 9.69 Å². The van der Waals surface area contributed by atoms with Gasteiger partial charge >= 0.3 is 0 Å². The first-order valence-corrected chi connectivity index (χ1v) is 8.60. The maximum Gasteiger partial charge on any atom is 0.257 e. The van der Waals surface area contributed by atoms with Crippen LogP contribution in [0.4, 0.5) is 4.39 Å². The molecular formula is C19H18ClFN2O2. The average molecular weight is 361 g/mol. The predicted octanol–water partition coefficient (Wildman–Crippen LogP) is 3.20. The molecule has 0 radical (unpaired) electrons. The van der Waals surface area contributed by atoms with E-state index in [1.807, 2.05) is 24.3 Å². The molecule has 4 rings (SSSR count). The van der Waals surface area contributed by atoms with Crippen LogP contribution in [0, 0.1) is 5.82 Å². The first-order chi connectivity index (χ1) is 12.0. The molecule has 1 saturated heterocycles. The number of benzene rings is 2. The zero-order chi connectivity index (χ0) is 17.6. The van der Waals surface area contributed by atoms with Crippen molar-refractivity contribution in [1.29, 1.82) is 0 Å². The molecule has 0 aromatic heterocycles. The van der Waals surface area contributed by atoms with Gasteiger partial charge in [-0.25, -0.2) is 4.39 Å². The molecule has 4 nitrogen and oxygen atoms in total. The summed E-state index contributed by atoms with van der Waals surface area (Å²) in [5, 5.41) is 0.729. The summed E-state index contributed by atoms with van der Waals surface area (Å²) in [6.07, 6.45) is -0.195. The maximum absolute atomic E-state index is 13.6. The lowest BCUT2D eigenvalue weighted by Gasteiger charge is -2.25. The van der Waals surface area contributed by atoms with Gasteiger partial charge in [-0.15, -0.1) is 0 Å². The van der Waals surface area contributed by atoms with Gasteiger partial charge in [-0.2, -0.15) is 0 Å². The molecule has 2 atom stereocenters. The van der Waals surface area contributed by atoms with E-state index in [-0.39, 0.29) is 18.1 Å². The molecule has 2 aromatic carbocycles. The molecule has 2 aliphatic heterocycles. The summed E-state index contributed by atoms with van der Waals surface area (Å²) in [4.78, 5) is 16.6. The first kappa shape index (κ1) is 16.4. The van der Waals surface area contributed by atoms with Crippen LogP contribution in [0.25, 0.3) is 0 Å². The van der Waals surface area contributed by atoms with Crippen LogP contribution < -0.4 is 4.74 Å². The second-order valence-corrected chi connectivity index (χ2v) is 6.97. The first-order valence-electron chi connectivity index (χ1n) is 8.22. The summed E-state index contributed by atoms with van der Waals surface area (Å²) in [5.74, 6) is -0.218. The van der Waals surface area contributed by atoms with Gasteiger partial charge in [0, 0.05) is 37.8 Å². The molecule has 0 bridgehead atoms. The third-order valence-corrected chi connectivity index (χ3v) is 5.30. The van der Waals surface area contributed by atoms with Crippen molar-refractivity contribution in [2.24, 2.45) is 0 Å². The number of hydrogen-bond acceptors (Lipinski definition) is 3. The van der Waals surface area contributed by atoms with E-state index in [0.29, 0.717) is 30.9 Å². The van der Waals surface area contributed by atoms with Crippen molar-refractivity contribution in [3.63, 3.8) is 0 Å². The van der Waals surface area contributed by atoms with Crippen LogP contribution in [-0.2, 0) is 6.54 Å². The number of nitrogens with zero attached hydrogens (tertiary/aromatic N) is 2.